The van der Waals surface area contributed by atoms with Crippen molar-refractivity contribution in [1.29, 1.82) is 0 Å². The van der Waals surface area contributed by atoms with E-state index in [-0.39, 0.29) is 23.0 Å². The Morgan fingerprint density at radius 1 is 1.18 bits per heavy atom. The van der Waals surface area contributed by atoms with E-state index in [9.17, 15) is 0 Å². The van der Waals surface area contributed by atoms with Crippen LogP contribution in [-0.2, 0) is 18.9 Å². The summed E-state index contributed by atoms with van der Waals surface area (Å²) in [5, 5.41) is 0. The lowest BCUT2D eigenvalue weighted by atomic mass is 9.46. The molecule has 22 heavy (non-hydrogen) atoms. The Kier molecular flexibility index (Phi) is 3.80. The van der Waals surface area contributed by atoms with Gasteiger partial charge in [0.1, 0.15) is 0 Å². The summed E-state index contributed by atoms with van der Waals surface area (Å²) in [6, 6.07) is 0. The zero-order valence-corrected chi connectivity index (χ0v) is 14.5. The first-order valence-electron chi connectivity index (χ1n) is 8.00. The van der Waals surface area contributed by atoms with Crippen LogP contribution in [0.15, 0.2) is 23.8 Å². The van der Waals surface area contributed by atoms with Gasteiger partial charge in [0.2, 0.25) is 0 Å². The van der Waals surface area contributed by atoms with E-state index in [2.05, 4.69) is 39.0 Å². The van der Waals surface area contributed by atoms with Gasteiger partial charge in [0, 0.05) is 27.2 Å². The van der Waals surface area contributed by atoms with Crippen molar-refractivity contribution in [1.82, 2.24) is 0 Å². The van der Waals surface area contributed by atoms with Crippen LogP contribution in [0, 0.1) is 16.7 Å². The van der Waals surface area contributed by atoms with Crippen molar-refractivity contribution in [3.63, 3.8) is 0 Å². The zero-order valence-electron chi connectivity index (χ0n) is 14.5. The van der Waals surface area contributed by atoms with Gasteiger partial charge in [0.15, 0.2) is 0 Å². The Hall–Kier alpha value is -0.680. The van der Waals surface area contributed by atoms with Gasteiger partial charge in [-0.05, 0) is 13.8 Å². The highest BCUT2D eigenvalue weighted by atomic mass is 16.5. The molecule has 3 rings (SSSR count). The Morgan fingerprint density at radius 2 is 1.86 bits per heavy atom. The molecule has 3 aliphatic rings. The number of hydrogen-bond acceptors (Lipinski definition) is 4. The molecule has 0 unspecified atom stereocenters. The number of hydrogen-bond donors (Lipinski definition) is 0. The summed E-state index contributed by atoms with van der Waals surface area (Å²) in [4.78, 5) is 0. The fourth-order valence-electron chi connectivity index (χ4n) is 5.57. The lowest BCUT2D eigenvalue weighted by molar-refractivity contribution is -0.173. The fourth-order valence-corrected chi connectivity index (χ4v) is 5.57. The van der Waals surface area contributed by atoms with Crippen molar-refractivity contribution in [2.24, 2.45) is 16.7 Å². The van der Waals surface area contributed by atoms with E-state index in [4.69, 9.17) is 18.9 Å². The van der Waals surface area contributed by atoms with Crippen molar-refractivity contribution in [3.05, 3.63) is 23.8 Å². The van der Waals surface area contributed by atoms with Crippen LogP contribution in [0.3, 0.4) is 0 Å². The molecule has 0 amide bonds. The second-order valence-electron chi connectivity index (χ2n) is 7.18. The standard InChI is InChI=1S/C18H28O4/c1-12-9-13(2)17(10-19-4)14-7-8-16(3,22-14)18(17,11-20-5)15(12)21-6/h7-9,12,14-15H,10-11H2,1-6H3/t12-,14-,15-,16+,17-,18+/m1/s1. The van der Waals surface area contributed by atoms with Gasteiger partial charge < -0.3 is 18.9 Å². The number of ether oxygens (including phenoxy) is 4. The third-order valence-corrected chi connectivity index (χ3v) is 6.31. The van der Waals surface area contributed by atoms with Crippen molar-refractivity contribution >= 4 is 0 Å². The highest BCUT2D eigenvalue weighted by molar-refractivity contribution is 5.43. The molecule has 1 aliphatic carbocycles. The molecule has 4 nitrogen and oxygen atoms in total. The predicted octanol–water partition coefficient (Wildman–Crippen LogP) is 2.59. The Balaban J connectivity index is 2.29. The minimum atomic E-state index is -0.406. The van der Waals surface area contributed by atoms with Crippen LogP contribution >= 0.6 is 0 Å². The van der Waals surface area contributed by atoms with Gasteiger partial charge >= 0.3 is 0 Å². The Labute approximate surface area is 133 Å². The Morgan fingerprint density at radius 3 is 2.45 bits per heavy atom. The second kappa shape index (κ2) is 5.17. The van der Waals surface area contributed by atoms with Crippen LogP contribution in [0.25, 0.3) is 0 Å². The first-order chi connectivity index (χ1) is 10.4. The molecular weight excluding hydrogens is 280 g/mol. The first-order valence-corrected chi connectivity index (χ1v) is 8.00. The van der Waals surface area contributed by atoms with Crippen LogP contribution in [-0.4, -0.2) is 52.4 Å². The highest BCUT2D eigenvalue weighted by Crippen LogP contribution is 2.70. The van der Waals surface area contributed by atoms with Gasteiger partial charge in [-0.2, -0.15) is 0 Å². The molecule has 6 atom stereocenters. The summed E-state index contributed by atoms with van der Waals surface area (Å²) in [7, 11) is 5.32. The molecule has 0 aromatic heterocycles. The molecule has 0 N–H and O–H groups in total. The summed E-state index contributed by atoms with van der Waals surface area (Å²) in [5.41, 5.74) is 0.382. The maximum atomic E-state index is 6.48. The molecule has 2 heterocycles. The van der Waals surface area contributed by atoms with Crippen molar-refractivity contribution in [3.8, 4) is 0 Å². The minimum Gasteiger partial charge on any atom is -0.384 e. The molecule has 1 saturated heterocycles. The van der Waals surface area contributed by atoms with Crippen molar-refractivity contribution < 1.29 is 18.9 Å². The lowest BCUT2D eigenvalue weighted by Crippen LogP contribution is -2.67. The molecule has 0 spiro atoms. The van der Waals surface area contributed by atoms with Gasteiger partial charge in [-0.1, -0.05) is 30.7 Å². The molecule has 4 heteroatoms. The van der Waals surface area contributed by atoms with Gasteiger partial charge in [0.05, 0.1) is 41.9 Å². The Bertz CT molecular complexity index is 513. The number of rotatable bonds is 5. The second-order valence-corrected chi connectivity index (χ2v) is 7.18. The maximum absolute atomic E-state index is 6.48. The number of fused-ring (bicyclic) bond motifs is 5. The molecule has 1 fully saturated rings. The van der Waals surface area contributed by atoms with E-state index in [1.807, 2.05) is 0 Å². The maximum Gasteiger partial charge on any atom is 0.0957 e. The van der Waals surface area contributed by atoms with E-state index in [1.54, 1.807) is 21.3 Å². The van der Waals surface area contributed by atoms with E-state index in [0.29, 0.717) is 19.1 Å². The number of methoxy groups -OCH3 is 3. The fraction of sp³-hybridized carbons (Fsp3) is 0.778. The summed E-state index contributed by atoms with van der Waals surface area (Å²) < 4.78 is 23.9. The molecule has 0 radical (unpaired) electrons. The van der Waals surface area contributed by atoms with Crippen LogP contribution in [0.5, 0.6) is 0 Å². The summed E-state index contributed by atoms with van der Waals surface area (Å²) in [5.74, 6) is 0.304. The van der Waals surface area contributed by atoms with Crippen LogP contribution in [0.4, 0.5) is 0 Å². The normalized spacial score (nSPS) is 49.4. The van der Waals surface area contributed by atoms with Crippen LogP contribution in [0.2, 0.25) is 0 Å². The van der Waals surface area contributed by atoms with Gasteiger partial charge in [0.25, 0.3) is 0 Å². The third-order valence-electron chi connectivity index (χ3n) is 6.31. The average molecular weight is 308 g/mol. The van der Waals surface area contributed by atoms with Gasteiger partial charge in [-0.3, -0.25) is 0 Å². The van der Waals surface area contributed by atoms with Crippen molar-refractivity contribution in [2.45, 2.75) is 38.6 Å². The zero-order chi connectivity index (χ0) is 16.2. The van der Waals surface area contributed by atoms with Crippen LogP contribution < -0.4 is 0 Å². The highest BCUT2D eigenvalue weighted by Gasteiger charge is 2.77. The largest absolute Gasteiger partial charge is 0.384 e. The quantitative estimate of drug-likeness (QED) is 0.732. The van der Waals surface area contributed by atoms with E-state index in [1.165, 1.54) is 5.57 Å². The topological polar surface area (TPSA) is 36.9 Å². The lowest BCUT2D eigenvalue weighted by Gasteiger charge is -2.59. The molecule has 0 saturated carbocycles. The monoisotopic (exact) mass is 308 g/mol. The van der Waals surface area contributed by atoms with Crippen molar-refractivity contribution in [2.75, 3.05) is 34.5 Å². The predicted molar refractivity (Wildman–Crippen MR) is 84.8 cm³/mol. The van der Waals surface area contributed by atoms with E-state index >= 15 is 0 Å². The SMILES string of the molecule is COC[C@@]12[C@H](OC)[C@H](C)C=C(C)[C@]1(COC)[C@H]1C=C[C@]2(C)O1. The smallest absolute Gasteiger partial charge is 0.0957 e. The average Bonchev–Trinajstić information content (AvgIpc) is 2.94. The molecule has 0 aromatic carbocycles. The minimum absolute atomic E-state index is 0.00833. The first kappa shape index (κ1) is 16.2. The van der Waals surface area contributed by atoms with Gasteiger partial charge in [-0.25, -0.2) is 0 Å². The molecule has 124 valence electrons. The summed E-state index contributed by atoms with van der Waals surface area (Å²) in [6.45, 7) is 7.77. The van der Waals surface area contributed by atoms with E-state index < -0.39 is 5.60 Å². The summed E-state index contributed by atoms with van der Waals surface area (Å²) in [6.07, 6.45) is 6.73. The molecule has 2 aliphatic heterocycles. The molecular formula is C18H28O4. The van der Waals surface area contributed by atoms with Crippen LogP contribution in [0.1, 0.15) is 20.8 Å². The van der Waals surface area contributed by atoms with E-state index in [0.717, 1.165) is 0 Å². The van der Waals surface area contributed by atoms with Gasteiger partial charge in [-0.15, -0.1) is 0 Å². The molecule has 0 aromatic rings. The summed E-state index contributed by atoms with van der Waals surface area (Å²) >= 11 is 0. The third kappa shape index (κ3) is 1.57. The molecule has 2 bridgehead atoms.